The van der Waals surface area contributed by atoms with E-state index in [9.17, 15) is 5.11 Å². The van der Waals surface area contributed by atoms with Gasteiger partial charge in [-0.3, -0.25) is 0 Å². The van der Waals surface area contributed by atoms with E-state index < -0.39 is 5.60 Å². The molecular weight excluding hydrogens is 261 g/mol. The van der Waals surface area contributed by atoms with Crippen molar-refractivity contribution in [1.29, 1.82) is 0 Å². The lowest BCUT2D eigenvalue weighted by Gasteiger charge is -2.32. The van der Waals surface area contributed by atoms with Gasteiger partial charge in [-0.15, -0.1) is 0 Å². The molecule has 1 aliphatic rings. The SMILES string of the molecule is OC1(CNc2cc(Cl)ccc2Cl)CCOCC1. The molecule has 0 radical (unpaired) electrons. The molecule has 1 fully saturated rings. The van der Waals surface area contributed by atoms with Crippen LogP contribution in [0.25, 0.3) is 0 Å². The van der Waals surface area contributed by atoms with Gasteiger partial charge in [-0.05, 0) is 18.2 Å². The topological polar surface area (TPSA) is 41.5 Å². The summed E-state index contributed by atoms with van der Waals surface area (Å²) in [5, 5.41) is 14.6. The van der Waals surface area contributed by atoms with Crippen LogP contribution in [0.15, 0.2) is 18.2 Å². The van der Waals surface area contributed by atoms with E-state index in [0.717, 1.165) is 5.69 Å². The lowest BCUT2D eigenvalue weighted by atomic mass is 9.94. The monoisotopic (exact) mass is 275 g/mol. The third-order valence-corrected chi connectivity index (χ3v) is 3.52. The van der Waals surface area contributed by atoms with Crippen LogP contribution in [-0.4, -0.2) is 30.5 Å². The van der Waals surface area contributed by atoms with Crippen LogP contribution in [0.4, 0.5) is 5.69 Å². The van der Waals surface area contributed by atoms with E-state index in [1.165, 1.54) is 0 Å². The first-order valence-electron chi connectivity index (χ1n) is 5.58. The molecule has 1 aromatic rings. The third kappa shape index (κ3) is 3.49. The first-order valence-corrected chi connectivity index (χ1v) is 6.34. The van der Waals surface area contributed by atoms with Crippen molar-refractivity contribution in [2.45, 2.75) is 18.4 Å². The van der Waals surface area contributed by atoms with Crippen LogP contribution in [0.2, 0.25) is 10.0 Å². The molecule has 0 aromatic heterocycles. The minimum absolute atomic E-state index is 0.455. The fourth-order valence-electron chi connectivity index (χ4n) is 1.82. The van der Waals surface area contributed by atoms with E-state index in [0.29, 0.717) is 42.6 Å². The Morgan fingerprint density at radius 3 is 2.71 bits per heavy atom. The molecule has 17 heavy (non-hydrogen) atoms. The highest BCUT2D eigenvalue weighted by molar-refractivity contribution is 6.35. The van der Waals surface area contributed by atoms with Gasteiger partial charge in [0.2, 0.25) is 0 Å². The maximum atomic E-state index is 10.3. The molecule has 5 heteroatoms. The molecule has 1 aromatic carbocycles. The second-order valence-electron chi connectivity index (χ2n) is 4.31. The molecule has 2 N–H and O–H groups in total. The number of anilines is 1. The quantitative estimate of drug-likeness (QED) is 0.891. The van der Waals surface area contributed by atoms with Gasteiger partial charge in [-0.1, -0.05) is 23.2 Å². The maximum absolute atomic E-state index is 10.3. The number of hydrogen-bond donors (Lipinski definition) is 2. The van der Waals surface area contributed by atoms with E-state index >= 15 is 0 Å². The van der Waals surface area contributed by atoms with Gasteiger partial charge < -0.3 is 15.2 Å². The largest absolute Gasteiger partial charge is 0.388 e. The highest BCUT2D eigenvalue weighted by atomic mass is 35.5. The van der Waals surface area contributed by atoms with Gasteiger partial charge in [0.1, 0.15) is 0 Å². The van der Waals surface area contributed by atoms with Crippen LogP contribution in [-0.2, 0) is 4.74 Å². The van der Waals surface area contributed by atoms with Gasteiger partial charge in [0.05, 0.1) is 16.3 Å². The predicted octanol–water partition coefficient (Wildman–Crippen LogP) is 2.95. The first-order chi connectivity index (χ1) is 8.09. The van der Waals surface area contributed by atoms with Crippen molar-refractivity contribution in [2.75, 3.05) is 25.1 Å². The summed E-state index contributed by atoms with van der Waals surface area (Å²) in [6.07, 6.45) is 1.27. The van der Waals surface area contributed by atoms with Crippen molar-refractivity contribution in [3.05, 3.63) is 28.2 Å². The molecule has 3 nitrogen and oxygen atoms in total. The molecule has 0 spiro atoms. The zero-order valence-corrected chi connectivity index (χ0v) is 10.9. The first kappa shape index (κ1) is 13.0. The second kappa shape index (κ2) is 5.44. The fraction of sp³-hybridized carbons (Fsp3) is 0.500. The fourth-order valence-corrected chi connectivity index (χ4v) is 2.18. The van der Waals surface area contributed by atoms with E-state index in [2.05, 4.69) is 5.32 Å². The van der Waals surface area contributed by atoms with Gasteiger partial charge in [0.25, 0.3) is 0 Å². The Labute approximate surface area is 111 Å². The second-order valence-corrected chi connectivity index (χ2v) is 5.16. The van der Waals surface area contributed by atoms with E-state index in [4.69, 9.17) is 27.9 Å². The molecule has 0 aliphatic carbocycles. The normalized spacial score (nSPS) is 19.0. The minimum atomic E-state index is -0.718. The van der Waals surface area contributed by atoms with Gasteiger partial charge in [0.15, 0.2) is 0 Å². The van der Waals surface area contributed by atoms with Gasteiger partial charge >= 0.3 is 0 Å². The molecule has 2 rings (SSSR count). The highest BCUT2D eigenvalue weighted by Gasteiger charge is 2.29. The van der Waals surface area contributed by atoms with Crippen LogP contribution in [0.1, 0.15) is 12.8 Å². The standard InChI is InChI=1S/C12H15Cl2NO2/c13-9-1-2-10(14)11(7-9)15-8-12(16)3-5-17-6-4-12/h1-2,7,15-16H,3-6,8H2. The zero-order chi connectivity index (χ0) is 12.3. The van der Waals surface area contributed by atoms with Gasteiger partial charge in [-0.25, -0.2) is 0 Å². The Kier molecular flexibility index (Phi) is 4.15. The summed E-state index contributed by atoms with van der Waals surface area (Å²) < 4.78 is 5.22. The van der Waals surface area contributed by atoms with Crippen molar-refractivity contribution in [3.63, 3.8) is 0 Å². The number of hydrogen-bond acceptors (Lipinski definition) is 3. The number of rotatable bonds is 3. The molecule has 94 valence electrons. The molecule has 1 heterocycles. The Balaban J connectivity index is 1.99. The van der Waals surface area contributed by atoms with Crippen LogP contribution < -0.4 is 5.32 Å². The highest BCUT2D eigenvalue weighted by Crippen LogP contribution is 2.27. The van der Waals surface area contributed by atoms with Gasteiger partial charge in [-0.2, -0.15) is 0 Å². The molecule has 0 saturated carbocycles. The number of aliphatic hydroxyl groups is 1. The number of benzene rings is 1. The van der Waals surface area contributed by atoms with Crippen molar-refractivity contribution < 1.29 is 9.84 Å². The average molecular weight is 276 g/mol. The summed E-state index contributed by atoms with van der Waals surface area (Å²) >= 11 is 11.9. The zero-order valence-electron chi connectivity index (χ0n) is 9.38. The van der Waals surface area contributed by atoms with E-state index in [-0.39, 0.29) is 0 Å². The summed E-state index contributed by atoms with van der Waals surface area (Å²) in [4.78, 5) is 0. The molecule has 1 saturated heterocycles. The Bertz CT molecular complexity index is 392. The van der Waals surface area contributed by atoms with Crippen molar-refractivity contribution >= 4 is 28.9 Å². The number of ether oxygens (including phenoxy) is 1. The van der Waals surface area contributed by atoms with Crippen LogP contribution >= 0.6 is 23.2 Å². The lowest BCUT2D eigenvalue weighted by Crippen LogP contribution is -2.42. The van der Waals surface area contributed by atoms with E-state index in [1.54, 1.807) is 18.2 Å². The summed E-state index contributed by atoms with van der Waals surface area (Å²) in [7, 11) is 0. The summed E-state index contributed by atoms with van der Waals surface area (Å²) in [6.45, 7) is 1.65. The Morgan fingerprint density at radius 1 is 1.29 bits per heavy atom. The van der Waals surface area contributed by atoms with Crippen LogP contribution in [0.3, 0.4) is 0 Å². The van der Waals surface area contributed by atoms with Crippen molar-refractivity contribution in [3.8, 4) is 0 Å². The number of nitrogens with one attached hydrogen (secondary N) is 1. The summed E-state index contributed by atoms with van der Waals surface area (Å²) in [5.41, 5.74) is 0.0308. The summed E-state index contributed by atoms with van der Waals surface area (Å²) in [5.74, 6) is 0. The third-order valence-electron chi connectivity index (χ3n) is 2.96. The lowest BCUT2D eigenvalue weighted by molar-refractivity contribution is -0.0543. The average Bonchev–Trinajstić information content (AvgIpc) is 2.31. The Hall–Kier alpha value is -0.480. The Morgan fingerprint density at radius 2 is 2.00 bits per heavy atom. The van der Waals surface area contributed by atoms with Crippen LogP contribution in [0, 0.1) is 0 Å². The molecule has 0 bridgehead atoms. The molecule has 0 unspecified atom stereocenters. The summed E-state index contributed by atoms with van der Waals surface area (Å²) in [6, 6.07) is 5.23. The number of halogens is 2. The van der Waals surface area contributed by atoms with E-state index in [1.807, 2.05) is 0 Å². The maximum Gasteiger partial charge on any atom is 0.0863 e. The van der Waals surface area contributed by atoms with Crippen molar-refractivity contribution in [1.82, 2.24) is 0 Å². The molecule has 1 aliphatic heterocycles. The molecular formula is C12H15Cl2NO2. The van der Waals surface area contributed by atoms with Crippen LogP contribution in [0.5, 0.6) is 0 Å². The van der Waals surface area contributed by atoms with Crippen molar-refractivity contribution in [2.24, 2.45) is 0 Å². The predicted molar refractivity (Wildman–Crippen MR) is 70.0 cm³/mol. The van der Waals surface area contributed by atoms with Gasteiger partial charge in [0, 0.05) is 37.6 Å². The molecule has 0 amide bonds. The minimum Gasteiger partial charge on any atom is -0.388 e. The molecule has 0 atom stereocenters. The smallest absolute Gasteiger partial charge is 0.0863 e.